The quantitative estimate of drug-likeness (QED) is 0.835. The van der Waals surface area contributed by atoms with E-state index in [0.29, 0.717) is 24.5 Å². The lowest BCUT2D eigenvalue weighted by Crippen LogP contribution is -2.36. The zero-order valence-corrected chi connectivity index (χ0v) is 12.5. The van der Waals surface area contributed by atoms with E-state index in [4.69, 9.17) is 14.7 Å². The average Bonchev–Trinajstić information content (AvgIpc) is 2.85. The van der Waals surface area contributed by atoms with Gasteiger partial charge in [0.1, 0.15) is 29.2 Å². The minimum absolute atomic E-state index is 0.0912. The fraction of sp³-hybridized carbons (Fsp3) is 0.533. The minimum Gasteiger partial charge on any atom is -0.488 e. The molecule has 0 aliphatic carbocycles. The van der Waals surface area contributed by atoms with Gasteiger partial charge in [-0.25, -0.2) is 9.78 Å². The van der Waals surface area contributed by atoms with E-state index in [1.807, 2.05) is 26.8 Å². The fourth-order valence-electron chi connectivity index (χ4n) is 2.05. The van der Waals surface area contributed by atoms with E-state index >= 15 is 0 Å². The van der Waals surface area contributed by atoms with Gasteiger partial charge in [0.2, 0.25) is 0 Å². The van der Waals surface area contributed by atoms with Crippen LogP contribution < -0.4 is 4.74 Å². The largest absolute Gasteiger partial charge is 0.488 e. The van der Waals surface area contributed by atoms with E-state index in [1.54, 1.807) is 17.0 Å². The molecule has 0 unspecified atom stereocenters. The number of rotatable bonds is 2. The third-order valence-electron chi connectivity index (χ3n) is 2.95. The zero-order chi connectivity index (χ0) is 15.5. The van der Waals surface area contributed by atoms with Gasteiger partial charge in [-0.15, -0.1) is 0 Å². The first-order valence-electron chi connectivity index (χ1n) is 6.88. The molecule has 1 amide bonds. The standard InChI is InChI=1S/C15H19N3O3/c1-15(2,3)21-14(19)18-7-5-13(10-18)20-12-4-6-17-11(8-12)9-16/h4,6,8,13H,5,7,10H2,1-3H3/t13-/m0/s1. The highest BCUT2D eigenvalue weighted by atomic mass is 16.6. The topological polar surface area (TPSA) is 75.4 Å². The number of nitrogens with zero attached hydrogens (tertiary/aromatic N) is 3. The van der Waals surface area contributed by atoms with Crippen LogP contribution in [0.4, 0.5) is 4.79 Å². The van der Waals surface area contributed by atoms with Gasteiger partial charge in [-0.1, -0.05) is 0 Å². The van der Waals surface area contributed by atoms with Crippen molar-refractivity contribution in [3.63, 3.8) is 0 Å². The molecule has 6 nitrogen and oxygen atoms in total. The van der Waals surface area contributed by atoms with Crippen molar-refractivity contribution in [3.05, 3.63) is 24.0 Å². The van der Waals surface area contributed by atoms with Gasteiger partial charge in [0, 0.05) is 25.2 Å². The van der Waals surface area contributed by atoms with Crippen molar-refractivity contribution in [2.45, 2.75) is 38.9 Å². The van der Waals surface area contributed by atoms with Crippen LogP contribution in [0, 0.1) is 11.3 Å². The van der Waals surface area contributed by atoms with Gasteiger partial charge >= 0.3 is 6.09 Å². The molecule has 1 atom stereocenters. The Morgan fingerprint density at radius 3 is 2.95 bits per heavy atom. The first kappa shape index (κ1) is 15.1. The van der Waals surface area contributed by atoms with Crippen LogP contribution in [0.5, 0.6) is 5.75 Å². The molecule has 21 heavy (non-hydrogen) atoms. The zero-order valence-electron chi connectivity index (χ0n) is 12.5. The third kappa shape index (κ3) is 4.35. The molecule has 0 aromatic carbocycles. The Morgan fingerprint density at radius 2 is 2.29 bits per heavy atom. The number of hydrogen-bond donors (Lipinski definition) is 0. The monoisotopic (exact) mass is 289 g/mol. The van der Waals surface area contributed by atoms with Crippen LogP contribution in [0.3, 0.4) is 0 Å². The van der Waals surface area contributed by atoms with Crippen molar-refractivity contribution in [2.75, 3.05) is 13.1 Å². The number of amides is 1. The molecular weight excluding hydrogens is 270 g/mol. The molecule has 0 bridgehead atoms. The van der Waals surface area contributed by atoms with Crippen molar-refractivity contribution in [1.82, 2.24) is 9.88 Å². The van der Waals surface area contributed by atoms with E-state index in [-0.39, 0.29) is 12.2 Å². The fourth-order valence-corrected chi connectivity index (χ4v) is 2.05. The number of hydrogen-bond acceptors (Lipinski definition) is 5. The van der Waals surface area contributed by atoms with Crippen LogP contribution in [0.15, 0.2) is 18.3 Å². The predicted octanol–water partition coefficient (Wildman–Crippen LogP) is 2.34. The number of nitriles is 1. The molecule has 112 valence electrons. The number of ether oxygens (including phenoxy) is 2. The molecule has 0 radical (unpaired) electrons. The molecule has 2 heterocycles. The van der Waals surface area contributed by atoms with Crippen molar-refractivity contribution in [2.24, 2.45) is 0 Å². The Labute approximate surface area is 124 Å². The van der Waals surface area contributed by atoms with E-state index in [9.17, 15) is 4.79 Å². The Balaban J connectivity index is 1.91. The van der Waals surface area contributed by atoms with Gasteiger partial charge < -0.3 is 14.4 Å². The summed E-state index contributed by atoms with van der Waals surface area (Å²) in [5.74, 6) is 0.595. The summed E-state index contributed by atoms with van der Waals surface area (Å²) in [6.45, 7) is 6.62. The second-order valence-corrected chi connectivity index (χ2v) is 5.94. The average molecular weight is 289 g/mol. The molecule has 1 saturated heterocycles. The number of carbonyl (C=O) groups excluding carboxylic acids is 1. The van der Waals surface area contributed by atoms with Gasteiger partial charge in [0.15, 0.2) is 0 Å². The summed E-state index contributed by atoms with van der Waals surface area (Å²) in [4.78, 5) is 17.5. The molecular formula is C15H19N3O3. The number of likely N-dealkylation sites (tertiary alicyclic amines) is 1. The Hall–Kier alpha value is -2.29. The maximum Gasteiger partial charge on any atom is 0.410 e. The Morgan fingerprint density at radius 1 is 1.52 bits per heavy atom. The number of carbonyl (C=O) groups is 1. The second-order valence-electron chi connectivity index (χ2n) is 5.94. The summed E-state index contributed by atoms with van der Waals surface area (Å²) in [6, 6.07) is 5.27. The Kier molecular flexibility index (Phi) is 4.32. The summed E-state index contributed by atoms with van der Waals surface area (Å²) >= 11 is 0. The van der Waals surface area contributed by atoms with Crippen LogP contribution in [-0.2, 0) is 4.74 Å². The first-order chi connectivity index (χ1) is 9.87. The summed E-state index contributed by atoms with van der Waals surface area (Å²) in [5.41, 5.74) is -0.183. The molecule has 1 aromatic heterocycles. The van der Waals surface area contributed by atoms with Gasteiger partial charge in [0.05, 0.1) is 6.54 Å². The van der Waals surface area contributed by atoms with Crippen LogP contribution in [0.1, 0.15) is 32.9 Å². The highest BCUT2D eigenvalue weighted by Crippen LogP contribution is 2.20. The van der Waals surface area contributed by atoms with Crippen LogP contribution >= 0.6 is 0 Å². The van der Waals surface area contributed by atoms with Crippen molar-refractivity contribution >= 4 is 6.09 Å². The van der Waals surface area contributed by atoms with E-state index in [0.717, 1.165) is 6.42 Å². The maximum absolute atomic E-state index is 12.0. The summed E-state index contributed by atoms with van der Waals surface area (Å²) < 4.78 is 11.1. The summed E-state index contributed by atoms with van der Waals surface area (Å²) in [6.07, 6.45) is 1.87. The SMILES string of the molecule is CC(C)(C)OC(=O)N1CC[C@H](Oc2ccnc(C#N)c2)C1. The van der Waals surface area contributed by atoms with E-state index in [1.165, 1.54) is 6.20 Å². The number of pyridine rings is 1. The summed E-state index contributed by atoms with van der Waals surface area (Å²) in [5, 5.41) is 8.81. The maximum atomic E-state index is 12.0. The molecule has 1 aliphatic rings. The van der Waals surface area contributed by atoms with E-state index < -0.39 is 5.60 Å². The molecule has 2 rings (SSSR count). The third-order valence-corrected chi connectivity index (χ3v) is 2.95. The minimum atomic E-state index is -0.497. The van der Waals surface area contributed by atoms with Gasteiger partial charge in [-0.05, 0) is 26.8 Å². The predicted molar refractivity (Wildman–Crippen MR) is 75.8 cm³/mol. The summed E-state index contributed by atoms with van der Waals surface area (Å²) in [7, 11) is 0. The molecule has 6 heteroatoms. The van der Waals surface area contributed by atoms with Crippen molar-refractivity contribution in [3.8, 4) is 11.8 Å². The lowest BCUT2D eigenvalue weighted by atomic mass is 10.2. The van der Waals surface area contributed by atoms with E-state index in [2.05, 4.69) is 4.98 Å². The molecule has 1 fully saturated rings. The van der Waals surface area contributed by atoms with Crippen LogP contribution in [0.25, 0.3) is 0 Å². The van der Waals surface area contributed by atoms with Gasteiger partial charge in [0.25, 0.3) is 0 Å². The highest BCUT2D eigenvalue weighted by molar-refractivity contribution is 5.68. The molecule has 1 aliphatic heterocycles. The number of aromatic nitrogens is 1. The Bertz CT molecular complexity index is 560. The van der Waals surface area contributed by atoms with Crippen molar-refractivity contribution < 1.29 is 14.3 Å². The normalized spacial score (nSPS) is 18.2. The molecule has 0 spiro atoms. The lowest BCUT2D eigenvalue weighted by molar-refractivity contribution is 0.0275. The lowest BCUT2D eigenvalue weighted by Gasteiger charge is -2.24. The van der Waals surface area contributed by atoms with Crippen LogP contribution in [-0.4, -0.2) is 40.8 Å². The first-order valence-corrected chi connectivity index (χ1v) is 6.88. The molecule has 0 N–H and O–H groups in total. The van der Waals surface area contributed by atoms with Gasteiger partial charge in [-0.2, -0.15) is 5.26 Å². The van der Waals surface area contributed by atoms with Crippen LogP contribution in [0.2, 0.25) is 0 Å². The highest BCUT2D eigenvalue weighted by Gasteiger charge is 2.30. The smallest absolute Gasteiger partial charge is 0.410 e. The molecule has 0 saturated carbocycles. The second kappa shape index (κ2) is 6.00. The van der Waals surface area contributed by atoms with Gasteiger partial charge in [-0.3, -0.25) is 0 Å². The molecule has 1 aromatic rings. The van der Waals surface area contributed by atoms with Crippen molar-refractivity contribution in [1.29, 1.82) is 5.26 Å².